The van der Waals surface area contributed by atoms with Gasteiger partial charge < -0.3 is 0 Å². The molecule has 0 radical (unpaired) electrons. The molecule has 0 unspecified atom stereocenters. The van der Waals surface area contributed by atoms with E-state index in [9.17, 15) is 0 Å². The first-order valence-corrected chi connectivity index (χ1v) is 20.0. The normalized spacial score (nSPS) is 13.4. The monoisotopic (exact) mass is 554 g/mol. The fourth-order valence-electron chi connectivity index (χ4n) is 5.06. The van der Waals surface area contributed by atoms with Crippen LogP contribution >= 0.6 is 26.3 Å². The first-order chi connectivity index (χ1) is 14.5. The third kappa shape index (κ3) is 16.7. The molecule has 0 bridgehead atoms. The van der Waals surface area contributed by atoms with E-state index in [1.807, 2.05) is 0 Å². The van der Waals surface area contributed by atoms with Crippen molar-refractivity contribution in [1.82, 2.24) is 0 Å². The molecule has 0 atom stereocenters. The second kappa shape index (κ2) is 20.7. The number of hydrogen-bond donors (Lipinski definition) is 0. The molecular weight excluding hydrogens is 494 g/mol. The summed E-state index contributed by atoms with van der Waals surface area (Å²) >= 11 is 3.14. The van der Waals surface area contributed by atoms with E-state index in [0.29, 0.717) is 0 Å². The van der Waals surface area contributed by atoms with Gasteiger partial charge >= 0.3 is 207 Å². The Hall–Kier alpha value is 1.16. The van der Waals surface area contributed by atoms with E-state index in [2.05, 4.69) is 49.7 Å². The van der Waals surface area contributed by atoms with Gasteiger partial charge in [0.05, 0.1) is 0 Å². The SMILES string of the molecule is CCCCCCCCCCP(I)(CCCC)(CCCC)CCCCCCCCCC. The molecular formula is C28H60IP. The summed E-state index contributed by atoms with van der Waals surface area (Å²) in [6.45, 7) is 9.46. The fraction of sp³-hybridized carbons (Fsp3) is 1.00. The maximum absolute atomic E-state index is 3.14. The molecule has 0 saturated carbocycles. The molecule has 0 aromatic carbocycles. The van der Waals surface area contributed by atoms with Crippen molar-refractivity contribution in [1.29, 1.82) is 0 Å². The van der Waals surface area contributed by atoms with Gasteiger partial charge in [0.1, 0.15) is 0 Å². The van der Waals surface area contributed by atoms with E-state index in [1.165, 1.54) is 128 Å². The Bertz CT molecular complexity index is 323. The van der Waals surface area contributed by atoms with E-state index in [1.54, 1.807) is 24.6 Å². The van der Waals surface area contributed by atoms with E-state index in [0.717, 1.165) is 0 Å². The van der Waals surface area contributed by atoms with Crippen LogP contribution in [0.25, 0.3) is 0 Å². The number of rotatable bonds is 24. The molecule has 184 valence electrons. The van der Waals surface area contributed by atoms with Gasteiger partial charge in [-0.15, -0.1) is 0 Å². The minimum absolute atomic E-state index is 1.37. The predicted molar refractivity (Wildman–Crippen MR) is 155 cm³/mol. The molecule has 0 nitrogen and oxygen atoms in total. The Morgan fingerprint density at radius 1 is 0.333 bits per heavy atom. The average Bonchev–Trinajstić information content (AvgIpc) is 2.75. The third-order valence-electron chi connectivity index (χ3n) is 7.28. The van der Waals surface area contributed by atoms with E-state index in [4.69, 9.17) is 0 Å². The van der Waals surface area contributed by atoms with Crippen molar-refractivity contribution in [2.45, 2.75) is 156 Å². The van der Waals surface area contributed by atoms with Crippen molar-refractivity contribution < 1.29 is 0 Å². The Kier molecular flexibility index (Phi) is 21.5. The van der Waals surface area contributed by atoms with Crippen LogP contribution in [0.5, 0.6) is 0 Å². The van der Waals surface area contributed by atoms with Crippen molar-refractivity contribution in [2.75, 3.05) is 24.6 Å². The Morgan fingerprint density at radius 3 is 0.867 bits per heavy atom. The van der Waals surface area contributed by atoms with Crippen molar-refractivity contribution >= 4 is 26.3 Å². The zero-order valence-corrected chi connectivity index (χ0v) is 24.8. The van der Waals surface area contributed by atoms with Crippen LogP contribution in [0.4, 0.5) is 0 Å². The fourth-order valence-corrected chi connectivity index (χ4v) is 14.7. The van der Waals surface area contributed by atoms with Crippen LogP contribution in [-0.4, -0.2) is 24.6 Å². The molecule has 0 aromatic rings. The zero-order chi connectivity index (χ0) is 22.4. The second-order valence-corrected chi connectivity index (χ2v) is 24.0. The molecule has 0 N–H and O–H groups in total. The van der Waals surface area contributed by atoms with Crippen LogP contribution in [0.1, 0.15) is 156 Å². The molecule has 0 rings (SSSR count). The number of hydrogen-bond acceptors (Lipinski definition) is 0. The van der Waals surface area contributed by atoms with Gasteiger partial charge in [-0.3, -0.25) is 0 Å². The van der Waals surface area contributed by atoms with Gasteiger partial charge in [0.25, 0.3) is 0 Å². The molecule has 0 amide bonds. The van der Waals surface area contributed by atoms with Gasteiger partial charge in [-0.25, -0.2) is 0 Å². The molecule has 0 aliphatic rings. The third-order valence-corrected chi connectivity index (χ3v) is 18.8. The summed E-state index contributed by atoms with van der Waals surface area (Å²) in [5, 5.41) is 0. The predicted octanol–water partition coefficient (Wildman–Crippen LogP) is 11.8. The van der Waals surface area contributed by atoms with Gasteiger partial charge in [0.2, 0.25) is 0 Å². The van der Waals surface area contributed by atoms with Crippen LogP contribution < -0.4 is 0 Å². The first-order valence-electron chi connectivity index (χ1n) is 14.3. The molecule has 0 aliphatic heterocycles. The van der Waals surface area contributed by atoms with Crippen LogP contribution in [-0.2, 0) is 0 Å². The maximum atomic E-state index is 3.14. The molecule has 0 spiro atoms. The van der Waals surface area contributed by atoms with Crippen LogP contribution in [0, 0.1) is 0 Å². The van der Waals surface area contributed by atoms with Gasteiger partial charge in [0.15, 0.2) is 0 Å². The van der Waals surface area contributed by atoms with Crippen LogP contribution in [0.15, 0.2) is 0 Å². The van der Waals surface area contributed by atoms with Crippen LogP contribution in [0.2, 0.25) is 0 Å². The number of unbranched alkanes of at least 4 members (excludes halogenated alkanes) is 16. The molecule has 0 heterocycles. The van der Waals surface area contributed by atoms with E-state index < -0.39 is 4.25 Å². The minimum atomic E-state index is -1.52. The van der Waals surface area contributed by atoms with Gasteiger partial charge in [-0.05, 0) is 0 Å². The van der Waals surface area contributed by atoms with Crippen molar-refractivity contribution in [3.63, 3.8) is 0 Å². The topological polar surface area (TPSA) is 0 Å². The van der Waals surface area contributed by atoms with E-state index in [-0.39, 0.29) is 0 Å². The van der Waals surface area contributed by atoms with Crippen molar-refractivity contribution in [3.05, 3.63) is 0 Å². The molecule has 0 aliphatic carbocycles. The summed E-state index contributed by atoms with van der Waals surface area (Å²) < 4.78 is -1.52. The first kappa shape index (κ1) is 31.2. The van der Waals surface area contributed by atoms with Crippen LogP contribution in [0.3, 0.4) is 0 Å². The zero-order valence-electron chi connectivity index (χ0n) is 21.8. The summed E-state index contributed by atoms with van der Waals surface area (Å²) in [5.74, 6) is 0. The Morgan fingerprint density at radius 2 is 0.567 bits per heavy atom. The number of halogens is 1. The quantitative estimate of drug-likeness (QED) is 0.0632. The molecule has 2 heteroatoms. The summed E-state index contributed by atoms with van der Waals surface area (Å²) in [6, 6.07) is 0. The van der Waals surface area contributed by atoms with Gasteiger partial charge in [-0.2, -0.15) is 0 Å². The summed E-state index contributed by atoms with van der Waals surface area (Å²) in [4.78, 5) is 0. The van der Waals surface area contributed by atoms with Crippen molar-refractivity contribution in [2.24, 2.45) is 0 Å². The second-order valence-electron chi connectivity index (χ2n) is 10.4. The molecule has 0 saturated heterocycles. The molecule has 0 aromatic heterocycles. The summed E-state index contributed by atoms with van der Waals surface area (Å²) in [5.41, 5.74) is 0. The Labute approximate surface area is 206 Å². The average molecular weight is 555 g/mol. The molecule has 30 heavy (non-hydrogen) atoms. The van der Waals surface area contributed by atoms with Crippen molar-refractivity contribution in [3.8, 4) is 0 Å². The standard InChI is InChI=1S/C28H60IP/c1-5-9-13-15-17-19-21-23-27-30(29,25-11-7-3,26-12-8-4)28-24-22-20-18-16-14-10-6-2/h5-28H2,1-4H3. The molecule has 0 fully saturated rings. The van der Waals surface area contributed by atoms with Gasteiger partial charge in [0, 0.05) is 0 Å². The Balaban J connectivity index is 4.51. The van der Waals surface area contributed by atoms with E-state index >= 15 is 0 Å². The van der Waals surface area contributed by atoms with Gasteiger partial charge in [-0.1, -0.05) is 0 Å². The summed E-state index contributed by atoms with van der Waals surface area (Å²) in [6.07, 6.45) is 35.7. The summed E-state index contributed by atoms with van der Waals surface area (Å²) in [7, 11) is 0.